The molecule has 0 amide bonds. The van der Waals surface area contributed by atoms with Crippen LogP contribution in [0.1, 0.15) is 33.1 Å². The van der Waals surface area contributed by atoms with Gasteiger partial charge >= 0.3 is 0 Å². The standard InChI is InChI=1S/C8H20N2/c1-3-4-5-6-10-8(2)7-9/h8,10H,3-7,9H2,1-2H3/t8-/m0/s1. The molecule has 0 heterocycles. The van der Waals surface area contributed by atoms with Crippen LogP contribution in [-0.4, -0.2) is 19.1 Å². The summed E-state index contributed by atoms with van der Waals surface area (Å²) in [6, 6.07) is 0.483. The first-order valence-electron chi connectivity index (χ1n) is 4.24. The molecule has 0 bridgehead atoms. The van der Waals surface area contributed by atoms with Gasteiger partial charge in [0.1, 0.15) is 0 Å². The van der Waals surface area contributed by atoms with E-state index in [2.05, 4.69) is 19.2 Å². The van der Waals surface area contributed by atoms with E-state index in [9.17, 15) is 0 Å². The van der Waals surface area contributed by atoms with Gasteiger partial charge in [0.15, 0.2) is 0 Å². The van der Waals surface area contributed by atoms with Crippen molar-refractivity contribution in [2.75, 3.05) is 13.1 Å². The van der Waals surface area contributed by atoms with Crippen LogP contribution in [0.3, 0.4) is 0 Å². The van der Waals surface area contributed by atoms with Crippen molar-refractivity contribution in [1.29, 1.82) is 0 Å². The van der Waals surface area contributed by atoms with Gasteiger partial charge in [0.2, 0.25) is 0 Å². The Kier molecular flexibility index (Phi) is 6.98. The Hall–Kier alpha value is -0.0800. The molecule has 1 atom stereocenters. The molecule has 0 radical (unpaired) electrons. The van der Waals surface area contributed by atoms with Crippen molar-refractivity contribution in [3.05, 3.63) is 0 Å². The predicted octanol–water partition coefficient (Wildman–Crippen LogP) is 1.11. The summed E-state index contributed by atoms with van der Waals surface area (Å²) < 4.78 is 0. The molecular weight excluding hydrogens is 124 g/mol. The molecule has 2 heteroatoms. The van der Waals surface area contributed by atoms with Crippen molar-refractivity contribution in [2.24, 2.45) is 5.73 Å². The summed E-state index contributed by atoms with van der Waals surface area (Å²) in [7, 11) is 0. The first-order valence-corrected chi connectivity index (χ1v) is 4.24. The lowest BCUT2D eigenvalue weighted by Gasteiger charge is -2.09. The zero-order chi connectivity index (χ0) is 7.82. The second-order valence-corrected chi connectivity index (χ2v) is 2.80. The Balaban J connectivity index is 2.89. The number of hydrogen-bond acceptors (Lipinski definition) is 2. The van der Waals surface area contributed by atoms with E-state index < -0.39 is 0 Å². The average Bonchev–Trinajstić information content (AvgIpc) is 1.98. The van der Waals surface area contributed by atoms with E-state index >= 15 is 0 Å². The summed E-state index contributed by atoms with van der Waals surface area (Å²) >= 11 is 0. The average molecular weight is 144 g/mol. The molecule has 10 heavy (non-hydrogen) atoms. The van der Waals surface area contributed by atoms with Crippen LogP contribution >= 0.6 is 0 Å². The summed E-state index contributed by atoms with van der Waals surface area (Å²) in [6.07, 6.45) is 3.89. The van der Waals surface area contributed by atoms with Gasteiger partial charge in [-0.15, -0.1) is 0 Å². The van der Waals surface area contributed by atoms with E-state index in [4.69, 9.17) is 5.73 Å². The molecule has 0 rings (SSSR count). The minimum atomic E-state index is 0.483. The molecule has 2 nitrogen and oxygen atoms in total. The van der Waals surface area contributed by atoms with Gasteiger partial charge < -0.3 is 11.1 Å². The summed E-state index contributed by atoms with van der Waals surface area (Å²) in [4.78, 5) is 0. The van der Waals surface area contributed by atoms with E-state index in [1.807, 2.05) is 0 Å². The zero-order valence-corrected chi connectivity index (χ0v) is 7.19. The van der Waals surface area contributed by atoms with Gasteiger partial charge in [-0.2, -0.15) is 0 Å². The van der Waals surface area contributed by atoms with E-state index in [1.165, 1.54) is 19.3 Å². The highest BCUT2D eigenvalue weighted by Gasteiger charge is 1.94. The summed E-state index contributed by atoms with van der Waals surface area (Å²) in [5.74, 6) is 0. The van der Waals surface area contributed by atoms with Crippen LogP contribution in [0.25, 0.3) is 0 Å². The fourth-order valence-electron chi connectivity index (χ4n) is 0.807. The van der Waals surface area contributed by atoms with Gasteiger partial charge in [-0.3, -0.25) is 0 Å². The zero-order valence-electron chi connectivity index (χ0n) is 7.19. The first-order chi connectivity index (χ1) is 4.81. The summed E-state index contributed by atoms with van der Waals surface area (Å²) in [5, 5.41) is 3.34. The van der Waals surface area contributed by atoms with Gasteiger partial charge in [0.25, 0.3) is 0 Å². The molecule has 62 valence electrons. The summed E-state index contributed by atoms with van der Waals surface area (Å²) in [6.45, 7) is 6.19. The van der Waals surface area contributed by atoms with Crippen molar-refractivity contribution >= 4 is 0 Å². The lowest BCUT2D eigenvalue weighted by Crippen LogP contribution is -2.33. The molecule has 0 saturated heterocycles. The fourth-order valence-corrected chi connectivity index (χ4v) is 0.807. The number of hydrogen-bond donors (Lipinski definition) is 2. The van der Waals surface area contributed by atoms with Gasteiger partial charge in [0.05, 0.1) is 0 Å². The monoisotopic (exact) mass is 144 g/mol. The highest BCUT2D eigenvalue weighted by Crippen LogP contribution is 1.91. The second kappa shape index (κ2) is 7.03. The largest absolute Gasteiger partial charge is 0.329 e. The maximum atomic E-state index is 5.42. The maximum absolute atomic E-state index is 5.42. The molecule has 0 aliphatic rings. The molecular formula is C8H20N2. The lowest BCUT2D eigenvalue weighted by atomic mass is 10.2. The van der Waals surface area contributed by atoms with Gasteiger partial charge in [-0.1, -0.05) is 19.8 Å². The second-order valence-electron chi connectivity index (χ2n) is 2.80. The van der Waals surface area contributed by atoms with Crippen LogP contribution in [-0.2, 0) is 0 Å². The van der Waals surface area contributed by atoms with Crippen LogP contribution in [0, 0.1) is 0 Å². The van der Waals surface area contributed by atoms with Crippen LogP contribution in [0.15, 0.2) is 0 Å². The molecule has 0 aliphatic heterocycles. The van der Waals surface area contributed by atoms with Crippen molar-refractivity contribution in [3.8, 4) is 0 Å². The summed E-state index contributed by atoms with van der Waals surface area (Å²) in [5.41, 5.74) is 5.42. The quantitative estimate of drug-likeness (QED) is 0.548. The van der Waals surface area contributed by atoms with Crippen LogP contribution in [0.5, 0.6) is 0 Å². The molecule has 0 unspecified atom stereocenters. The van der Waals surface area contributed by atoms with E-state index in [0.717, 1.165) is 13.1 Å². The first kappa shape index (κ1) is 9.92. The third-order valence-electron chi connectivity index (χ3n) is 1.63. The molecule has 0 fully saturated rings. The van der Waals surface area contributed by atoms with Crippen molar-refractivity contribution < 1.29 is 0 Å². The van der Waals surface area contributed by atoms with Gasteiger partial charge in [0, 0.05) is 12.6 Å². The number of nitrogens with one attached hydrogen (secondary N) is 1. The Morgan fingerprint density at radius 3 is 2.60 bits per heavy atom. The normalized spacial score (nSPS) is 13.5. The smallest absolute Gasteiger partial charge is 0.0161 e. The van der Waals surface area contributed by atoms with Crippen LogP contribution in [0.2, 0.25) is 0 Å². The van der Waals surface area contributed by atoms with Crippen molar-refractivity contribution in [1.82, 2.24) is 5.32 Å². The number of rotatable bonds is 6. The minimum absolute atomic E-state index is 0.483. The third-order valence-corrected chi connectivity index (χ3v) is 1.63. The maximum Gasteiger partial charge on any atom is 0.0161 e. The molecule has 0 aliphatic carbocycles. The molecule has 0 spiro atoms. The Bertz CT molecular complexity index is 64.3. The Labute approximate surface area is 64.2 Å². The van der Waals surface area contributed by atoms with E-state index in [-0.39, 0.29) is 0 Å². The molecule has 0 saturated carbocycles. The van der Waals surface area contributed by atoms with E-state index in [0.29, 0.717) is 6.04 Å². The Morgan fingerprint density at radius 1 is 1.40 bits per heavy atom. The highest BCUT2D eigenvalue weighted by molar-refractivity contribution is 4.59. The van der Waals surface area contributed by atoms with Crippen molar-refractivity contribution in [2.45, 2.75) is 39.2 Å². The number of nitrogens with two attached hydrogens (primary N) is 1. The SMILES string of the molecule is CCCCCN[C@@H](C)CN. The molecule has 0 aromatic carbocycles. The minimum Gasteiger partial charge on any atom is -0.329 e. The third kappa shape index (κ3) is 6.05. The van der Waals surface area contributed by atoms with Crippen molar-refractivity contribution in [3.63, 3.8) is 0 Å². The number of unbranched alkanes of at least 4 members (excludes halogenated alkanes) is 2. The van der Waals surface area contributed by atoms with Gasteiger partial charge in [-0.25, -0.2) is 0 Å². The van der Waals surface area contributed by atoms with E-state index in [1.54, 1.807) is 0 Å². The fraction of sp³-hybridized carbons (Fsp3) is 1.00. The Morgan fingerprint density at radius 2 is 2.10 bits per heavy atom. The van der Waals surface area contributed by atoms with Crippen LogP contribution < -0.4 is 11.1 Å². The van der Waals surface area contributed by atoms with Crippen LogP contribution in [0.4, 0.5) is 0 Å². The topological polar surface area (TPSA) is 38.0 Å². The molecule has 0 aromatic heterocycles. The molecule has 0 aromatic rings. The lowest BCUT2D eigenvalue weighted by molar-refractivity contribution is 0.532. The molecule has 3 N–H and O–H groups in total. The van der Waals surface area contributed by atoms with Gasteiger partial charge in [-0.05, 0) is 19.9 Å². The highest BCUT2D eigenvalue weighted by atomic mass is 14.9. The predicted molar refractivity (Wildman–Crippen MR) is 46.0 cm³/mol.